The lowest BCUT2D eigenvalue weighted by molar-refractivity contribution is 0.632. The Morgan fingerprint density at radius 1 is 1.31 bits per heavy atom. The molecule has 2 aliphatic rings. The quantitative estimate of drug-likeness (QED) is 0.354. The molecule has 1 saturated carbocycles. The molecule has 1 aromatic carbocycles. The molecular weight excluding hydrogens is 507 g/mol. The monoisotopic (exact) mass is 530 g/mol. The van der Waals surface area contributed by atoms with Crippen LogP contribution in [0.3, 0.4) is 0 Å². The lowest BCUT2D eigenvalue weighted by Crippen LogP contribution is -2.41. The van der Waals surface area contributed by atoms with Gasteiger partial charge >= 0.3 is 0 Å². The van der Waals surface area contributed by atoms with Gasteiger partial charge in [-0.15, -0.1) is 34.2 Å². The molecule has 1 aliphatic heterocycles. The first-order valence-corrected chi connectivity index (χ1v) is 9.61. The highest BCUT2D eigenvalue weighted by molar-refractivity contribution is 14.0. The fraction of sp³-hybridized carbons (Fsp3) is 0.500. The summed E-state index contributed by atoms with van der Waals surface area (Å²) in [6.45, 7) is 2.56. The largest absolute Gasteiger partial charge is 0.356 e. The number of hydrogen-bond acceptors (Lipinski definition) is 3. The van der Waals surface area contributed by atoms with E-state index in [-0.39, 0.29) is 29.4 Å². The van der Waals surface area contributed by atoms with Crippen molar-refractivity contribution in [3.8, 4) is 0 Å². The van der Waals surface area contributed by atoms with E-state index in [1.807, 2.05) is 7.05 Å². The van der Waals surface area contributed by atoms with Crippen molar-refractivity contribution in [2.75, 3.05) is 13.6 Å². The average Bonchev–Trinajstić information content (AvgIpc) is 3.09. The van der Waals surface area contributed by atoms with Crippen molar-refractivity contribution in [3.05, 3.63) is 46.0 Å². The predicted octanol–water partition coefficient (Wildman–Crippen LogP) is 3.00. The van der Waals surface area contributed by atoms with Gasteiger partial charge in [0.15, 0.2) is 11.8 Å². The highest BCUT2D eigenvalue weighted by atomic mass is 127. The number of halogens is 2. The summed E-state index contributed by atoms with van der Waals surface area (Å²) in [5.74, 6) is 2.91. The summed E-state index contributed by atoms with van der Waals surface area (Å²) >= 11 is 3.58. The van der Waals surface area contributed by atoms with E-state index in [4.69, 9.17) is 0 Å². The van der Waals surface area contributed by atoms with Crippen LogP contribution in [-0.2, 0) is 24.9 Å². The van der Waals surface area contributed by atoms with Gasteiger partial charge in [0.2, 0.25) is 0 Å². The van der Waals surface area contributed by atoms with Crippen molar-refractivity contribution in [1.29, 1.82) is 0 Å². The molecule has 0 spiro atoms. The molecular formula is C18H24BrIN6. The molecule has 0 saturated heterocycles. The van der Waals surface area contributed by atoms with Gasteiger partial charge in [0.1, 0.15) is 5.82 Å². The maximum atomic E-state index is 4.35. The summed E-state index contributed by atoms with van der Waals surface area (Å²) in [4.78, 5) is 4.35. The minimum atomic E-state index is 0. The smallest absolute Gasteiger partial charge is 0.191 e. The lowest BCUT2D eigenvalue weighted by atomic mass is 9.96. The van der Waals surface area contributed by atoms with Crippen LogP contribution in [0.2, 0.25) is 0 Å². The molecule has 0 atom stereocenters. The van der Waals surface area contributed by atoms with Crippen LogP contribution in [0.15, 0.2) is 33.7 Å². The summed E-state index contributed by atoms with van der Waals surface area (Å²) < 4.78 is 3.35. The Kier molecular flexibility index (Phi) is 6.21. The second kappa shape index (κ2) is 8.24. The molecule has 2 heterocycles. The van der Waals surface area contributed by atoms with E-state index in [0.29, 0.717) is 6.54 Å². The molecule has 0 amide bonds. The summed E-state index contributed by atoms with van der Waals surface area (Å²) in [5, 5.41) is 15.4. The Balaban J connectivity index is 0.00000196. The normalized spacial score (nSPS) is 17.4. The first-order valence-electron chi connectivity index (χ1n) is 8.82. The standard InChI is InChI=1S/C18H23BrN6.HI/c1-20-17(21-11-16-24-23-15-6-3-9-25(15)16)22-12-18(7-8-18)13-4-2-5-14(19)10-13;/h2,4-5,10H,3,6-9,11-12H2,1H3,(H2,20,21,22);1H. The molecule has 8 heteroatoms. The number of fused-ring (bicyclic) bond motifs is 1. The van der Waals surface area contributed by atoms with Gasteiger partial charge in [0.05, 0.1) is 6.54 Å². The Hall–Kier alpha value is -1.16. The van der Waals surface area contributed by atoms with Gasteiger partial charge in [0, 0.05) is 36.4 Å². The molecule has 1 aliphatic carbocycles. The zero-order valence-corrected chi connectivity index (χ0v) is 18.8. The van der Waals surface area contributed by atoms with Gasteiger partial charge in [-0.3, -0.25) is 4.99 Å². The van der Waals surface area contributed by atoms with Crippen molar-refractivity contribution >= 4 is 45.9 Å². The zero-order valence-electron chi connectivity index (χ0n) is 14.8. The van der Waals surface area contributed by atoms with Gasteiger partial charge in [-0.05, 0) is 37.0 Å². The van der Waals surface area contributed by atoms with Crippen LogP contribution in [0.1, 0.15) is 36.5 Å². The van der Waals surface area contributed by atoms with Crippen molar-refractivity contribution in [2.45, 2.75) is 44.2 Å². The van der Waals surface area contributed by atoms with Crippen LogP contribution in [0.5, 0.6) is 0 Å². The maximum Gasteiger partial charge on any atom is 0.191 e. The zero-order chi connectivity index (χ0) is 17.3. The second-order valence-electron chi connectivity index (χ2n) is 6.86. The van der Waals surface area contributed by atoms with E-state index < -0.39 is 0 Å². The van der Waals surface area contributed by atoms with Crippen LogP contribution < -0.4 is 10.6 Å². The molecule has 2 N–H and O–H groups in total. The molecule has 2 aromatic rings. The molecule has 1 aromatic heterocycles. The molecule has 140 valence electrons. The highest BCUT2D eigenvalue weighted by Crippen LogP contribution is 2.48. The van der Waals surface area contributed by atoms with Gasteiger partial charge in [0.25, 0.3) is 0 Å². The number of hydrogen-bond donors (Lipinski definition) is 2. The Bertz CT molecular complexity index is 799. The number of guanidine groups is 1. The van der Waals surface area contributed by atoms with Crippen LogP contribution in [0.25, 0.3) is 0 Å². The second-order valence-corrected chi connectivity index (χ2v) is 7.77. The third kappa shape index (κ3) is 4.05. The topological polar surface area (TPSA) is 67.1 Å². The first-order chi connectivity index (χ1) is 12.2. The molecule has 0 bridgehead atoms. The van der Waals surface area contributed by atoms with Crippen LogP contribution in [-0.4, -0.2) is 34.3 Å². The Labute approximate surface area is 179 Å². The molecule has 4 rings (SSSR count). The van der Waals surface area contributed by atoms with Gasteiger partial charge in [-0.1, -0.05) is 28.1 Å². The first kappa shape index (κ1) is 19.6. The summed E-state index contributed by atoms with van der Waals surface area (Å²) in [5.41, 5.74) is 1.62. The van der Waals surface area contributed by atoms with Crippen molar-refractivity contribution in [2.24, 2.45) is 4.99 Å². The van der Waals surface area contributed by atoms with E-state index >= 15 is 0 Å². The Morgan fingerprint density at radius 3 is 2.88 bits per heavy atom. The van der Waals surface area contributed by atoms with Crippen LogP contribution in [0.4, 0.5) is 0 Å². The minimum absolute atomic E-state index is 0. The maximum absolute atomic E-state index is 4.35. The number of aromatic nitrogens is 3. The third-order valence-electron chi connectivity index (χ3n) is 5.21. The van der Waals surface area contributed by atoms with Crippen LogP contribution in [0, 0.1) is 0 Å². The van der Waals surface area contributed by atoms with E-state index in [2.05, 4.69) is 70.6 Å². The van der Waals surface area contributed by atoms with E-state index in [9.17, 15) is 0 Å². The third-order valence-corrected chi connectivity index (χ3v) is 5.70. The molecule has 0 radical (unpaired) electrons. The number of aryl methyl sites for hydroxylation is 1. The summed E-state index contributed by atoms with van der Waals surface area (Å²) in [6.07, 6.45) is 4.63. The highest BCUT2D eigenvalue weighted by Gasteiger charge is 2.44. The molecule has 26 heavy (non-hydrogen) atoms. The number of aliphatic imine (C=N–C) groups is 1. The lowest BCUT2D eigenvalue weighted by Gasteiger charge is -2.19. The fourth-order valence-corrected chi connectivity index (χ4v) is 3.91. The van der Waals surface area contributed by atoms with E-state index in [1.54, 1.807) is 0 Å². The molecule has 6 nitrogen and oxygen atoms in total. The number of benzene rings is 1. The van der Waals surface area contributed by atoms with Gasteiger partial charge < -0.3 is 15.2 Å². The average molecular weight is 531 g/mol. The number of rotatable bonds is 5. The van der Waals surface area contributed by atoms with Gasteiger partial charge in [-0.2, -0.15) is 0 Å². The SMILES string of the molecule is CN=C(NCc1nnc2n1CCC2)NCC1(c2cccc(Br)c2)CC1.I. The fourth-order valence-electron chi connectivity index (χ4n) is 3.51. The van der Waals surface area contributed by atoms with Crippen molar-refractivity contribution < 1.29 is 0 Å². The minimum Gasteiger partial charge on any atom is -0.356 e. The predicted molar refractivity (Wildman–Crippen MR) is 117 cm³/mol. The van der Waals surface area contributed by atoms with Crippen molar-refractivity contribution in [1.82, 2.24) is 25.4 Å². The van der Waals surface area contributed by atoms with E-state index in [0.717, 1.165) is 41.6 Å². The molecule has 0 unspecified atom stereocenters. The Morgan fingerprint density at radius 2 is 2.15 bits per heavy atom. The summed E-state index contributed by atoms with van der Waals surface area (Å²) in [7, 11) is 1.81. The number of nitrogens with zero attached hydrogens (tertiary/aromatic N) is 4. The van der Waals surface area contributed by atoms with E-state index in [1.165, 1.54) is 24.8 Å². The summed E-state index contributed by atoms with van der Waals surface area (Å²) in [6, 6.07) is 8.63. The molecule has 1 fully saturated rings. The van der Waals surface area contributed by atoms with Crippen LogP contribution >= 0.6 is 39.9 Å². The van der Waals surface area contributed by atoms with Gasteiger partial charge in [-0.25, -0.2) is 0 Å². The number of nitrogens with one attached hydrogen (secondary N) is 2. The van der Waals surface area contributed by atoms with Crippen molar-refractivity contribution in [3.63, 3.8) is 0 Å².